The number of fused-ring (bicyclic) bond motifs is 2. The SMILES string of the molecule is Cc1cnc2c(c1)N(C(=O)c1nc3ccccc3cc1C1CC1)CCO2. The van der Waals surface area contributed by atoms with Crippen LogP contribution in [0, 0.1) is 6.92 Å². The van der Waals surface area contributed by atoms with Crippen molar-refractivity contribution < 1.29 is 9.53 Å². The van der Waals surface area contributed by atoms with Crippen molar-refractivity contribution in [1.29, 1.82) is 0 Å². The van der Waals surface area contributed by atoms with Crippen LogP contribution in [0.25, 0.3) is 10.9 Å². The highest BCUT2D eigenvalue weighted by atomic mass is 16.5. The Bertz CT molecular complexity index is 1030. The second-order valence-corrected chi connectivity index (χ2v) is 7.04. The van der Waals surface area contributed by atoms with Crippen molar-refractivity contribution in [2.45, 2.75) is 25.7 Å². The van der Waals surface area contributed by atoms with Gasteiger partial charge in [0, 0.05) is 11.6 Å². The maximum Gasteiger partial charge on any atom is 0.277 e. The molecule has 2 aromatic heterocycles. The van der Waals surface area contributed by atoms with E-state index in [1.54, 1.807) is 11.1 Å². The number of pyridine rings is 2. The Labute approximate surface area is 151 Å². The summed E-state index contributed by atoms with van der Waals surface area (Å²) in [5.41, 5.74) is 4.23. The number of carbonyl (C=O) groups is 1. The van der Waals surface area contributed by atoms with Gasteiger partial charge in [-0.25, -0.2) is 9.97 Å². The van der Waals surface area contributed by atoms with Crippen molar-refractivity contribution in [2.24, 2.45) is 0 Å². The Hall–Kier alpha value is -2.95. The van der Waals surface area contributed by atoms with Gasteiger partial charge >= 0.3 is 0 Å². The van der Waals surface area contributed by atoms with Crippen LogP contribution in [-0.4, -0.2) is 29.0 Å². The molecule has 5 heteroatoms. The number of carbonyl (C=O) groups excluding carboxylic acids is 1. The minimum absolute atomic E-state index is 0.0606. The molecule has 0 unspecified atom stereocenters. The third-order valence-corrected chi connectivity index (χ3v) is 5.03. The molecular formula is C21H19N3O2. The van der Waals surface area contributed by atoms with Crippen LogP contribution in [0.1, 0.15) is 40.4 Å². The summed E-state index contributed by atoms with van der Waals surface area (Å²) in [5, 5.41) is 1.09. The molecular weight excluding hydrogens is 326 g/mol. The lowest BCUT2D eigenvalue weighted by molar-refractivity contribution is 0.0970. The second-order valence-electron chi connectivity index (χ2n) is 7.04. The fourth-order valence-electron chi connectivity index (χ4n) is 3.55. The third-order valence-electron chi connectivity index (χ3n) is 5.03. The Balaban J connectivity index is 1.63. The van der Waals surface area contributed by atoms with Gasteiger partial charge in [-0.2, -0.15) is 0 Å². The van der Waals surface area contributed by atoms with Gasteiger partial charge in [0.1, 0.15) is 18.0 Å². The van der Waals surface area contributed by atoms with Gasteiger partial charge in [0.2, 0.25) is 5.88 Å². The van der Waals surface area contributed by atoms with E-state index in [1.807, 2.05) is 31.2 Å². The molecule has 130 valence electrons. The first-order valence-corrected chi connectivity index (χ1v) is 9.02. The summed E-state index contributed by atoms with van der Waals surface area (Å²) in [4.78, 5) is 24.3. The molecule has 1 aliphatic carbocycles. The number of amides is 1. The van der Waals surface area contributed by atoms with Gasteiger partial charge in [0.15, 0.2) is 0 Å². The molecule has 2 aliphatic rings. The predicted molar refractivity (Wildman–Crippen MR) is 99.9 cm³/mol. The van der Waals surface area contributed by atoms with Crippen molar-refractivity contribution in [3.63, 3.8) is 0 Å². The van der Waals surface area contributed by atoms with Gasteiger partial charge in [0.05, 0.1) is 12.1 Å². The largest absolute Gasteiger partial charge is 0.474 e. The van der Waals surface area contributed by atoms with Crippen LogP contribution in [0.3, 0.4) is 0 Å². The molecule has 0 saturated heterocycles. The maximum atomic E-state index is 13.5. The van der Waals surface area contributed by atoms with Crippen molar-refractivity contribution >= 4 is 22.5 Å². The van der Waals surface area contributed by atoms with Gasteiger partial charge in [-0.05, 0) is 55.0 Å². The van der Waals surface area contributed by atoms with Gasteiger partial charge in [-0.3, -0.25) is 9.69 Å². The highest BCUT2D eigenvalue weighted by Crippen LogP contribution is 2.43. The smallest absolute Gasteiger partial charge is 0.277 e. The molecule has 1 saturated carbocycles. The number of rotatable bonds is 2. The predicted octanol–water partition coefficient (Wildman–Crippen LogP) is 3.85. The maximum absolute atomic E-state index is 13.5. The molecule has 26 heavy (non-hydrogen) atoms. The van der Waals surface area contributed by atoms with E-state index >= 15 is 0 Å². The zero-order valence-corrected chi connectivity index (χ0v) is 14.6. The van der Waals surface area contributed by atoms with Crippen LogP contribution < -0.4 is 9.64 Å². The number of para-hydroxylation sites is 1. The summed E-state index contributed by atoms with van der Waals surface area (Å²) >= 11 is 0. The topological polar surface area (TPSA) is 55.3 Å². The number of ether oxygens (including phenoxy) is 1. The lowest BCUT2D eigenvalue weighted by Crippen LogP contribution is -2.39. The van der Waals surface area contributed by atoms with Crippen LogP contribution in [0.2, 0.25) is 0 Å². The van der Waals surface area contributed by atoms with E-state index in [-0.39, 0.29) is 5.91 Å². The molecule has 1 fully saturated rings. The van der Waals surface area contributed by atoms with E-state index in [1.165, 1.54) is 0 Å². The fraction of sp³-hybridized carbons (Fsp3) is 0.286. The first-order valence-electron chi connectivity index (χ1n) is 9.02. The zero-order chi connectivity index (χ0) is 17.7. The van der Waals surface area contributed by atoms with E-state index < -0.39 is 0 Å². The normalized spacial score (nSPS) is 16.3. The minimum atomic E-state index is -0.0606. The molecule has 1 aromatic carbocycles. The van der Waals surface area contributed by atoms with Crippen molar-refractivity contribution in [1.82, 2.24) is 9.97 Å². The van der Waals surface area contributed by atoms with Crippen LogP contribution in [0.15, 0.2) is 42.6 Å². The number of benzene rings is 1. The monoisotopic (exact) mass is 345 g/mol. The van der Waals surface area contributed by atoms with Crippen molar-refractivity contribution in [2.75, 3.05) is 18.1 Å². The van der Waals surface area contributed by atoms with Gasteiger partial charge in [0.25, 0.3) is 5.91 Å². The number of nitrogens with zero attached hydrogens (tertiary/aromatic N) is 3. The Morgan fingerprint density at radius 2 is 2.08 bits per heavy atom. The molecule has 0 radical (unpaired) electrons. The summed E-state index contributed by atoms with van der Waals surface area (Å²) in [6.45, 7) is 2.92. The van der Waals surface area contributed by atoms with E-state index in [9.17, 15) is 4.79 Å². The lowest BCUT2D eigenvalue weighted by atomic mass is 10.0. The molecule has 5 nitrogen and oxygen atoms in total. The van der Waals surface area contributed by atoms with Crippen LogP contribution in [-0.2, 0) is 0 Å². The van der Waals surface area contributed by atoms with E-state index in [0.717, 1.165) is 40.6 Å². The van der Waals surface area contributed by atoms with Crippen molar-refractivity contribution in [3.8, 4) is 5.88 Å². The fourth-order valence-corrected chi connectivity index (χ4v) is 3.55. The standard InChI is InChI=1S/C21H19N3O2/c1-13-10-18-20(22-12-13)26-9-8-24(18)21(25)19-16(14-6-7-14)11-15-4-2-3-5-17(15)23-19/h2-5,10-12,14H,6-9H2,1H3. The van der Waals surface area contributed by atoms with E-state index in [2.05, 4.69) is 17.1 Å². The summed E-state index contributed by atoms with van der Waals surface area (Å²) < 4.78 is 5.63. The van der Waals surface area contributed by atoms with Crippen LogP contribution in [0.5, 0.6) is 5.88 Å². The highest BCUT2D eigenvalue weighted by Gasteiger charge is 2.33. The molecule has 5 rings (SSSR count). The van der Waals surface area contributed by atoms with Gasteiger partial charge < -0.3 is 4.74 Å². The molecule has 1 aliphatic heterocycles. The number of hydrogen-bond acceptors (Lipinski definition) is 4. The van der Waals surface area contributed by atoms with E-state index in [0.29, 0.717) is 30.6 Å². The Morgan fingerprint density at radius 1 is 1.23 bits per heavy atom. The zero-order valence-electron chi connectivity index (χ0n) is 14.6. The Kier molecular flexibility index (Phi) is 3.42. The highest BCUT2D eigenvalue weighted by molar-refractivity contribution is 6.08. The molecule has 0 bridgehead atoms. The van der Waals surface area contributed by atoms with Crippen LogP contribution in [0.4, 0.5) is 5.69 Å². The number of anilines is 1. The van der Waals surface area contributed by atoms with Gasteiger partial charge in [-0.1, -0.05) is 18.2 Å². The number of hydrogen-bond donors (Lipinski definition) is 0. The number of aryl methyl sites for hydroxylation is 1. The first kappa shape index (κ1) is 15.3. The molecule has 1 amide bonds. The number of aromatic nitrogens is 2. The lowest BCUT2D eigenvalue weighted by Gasteiger charge is -2.29. The van der Waals surface area contributed by atoms with E-state index in [4.69, 9.17) is 9.72 Å². The Morgan fingerprint density at radius 3 is 2.92 bits per heavy atom. The average Bonchev–Trinajstić information content (AvgIpc) is 3.51. The molecule has 3 heterocycles. The average molecular weight is 345 g/mol. The summed E-state index contributed by atoms with van der Waals surface area (Å²) in [5.74, 6) is 0.903. The van der Waals surface area contributed by atoms with Crippen molar-refractivity contribution in [3.05, 3.63) is 59.4 Å². The summed E-state index contributed by atoms with van der Waals surface area (Å²) in [6, 6.07) is 12.1. The van der Waals surface area contributed by atoms with Gasteiger partial charge in [-0.15, -0.1) is 0 Å². The minimum Gasteiger partial charge on any atom is -0.474 e. The second kappa shape index (κ2) is 5.80. The molecule has 0 spiro atoms. The first-order chi connectivity index (χ1) is 12.7. The molecule has 0 N–H and O–H groups in total. The molecule has 3 aromatic rings. The quantitative estimate of drug-likeness (QED) is 0.708. The summed E-state index contributed by atoms with van der Waals surface area (Å²) in [7, 11) is 0. The van der Waals surface area contributed by atoms with Crippen LogP contribution >= 0.6 is 0 Å². The molecule has 0 atom stereocenters. The third kappa shape index (κ3) is 2.51. The summed E-state index contributed by atoms with van der Waals surface area (Å²) in [6.07, 6.45) is 4.01.